The number of halogens is 3. The van der Waals surface area contributed by atoms with Crippen molar-refractivity contribution in [1.82, 2.24) is 0 Å². The van der Waals surface area contributed by atoms with Gasteiger partial charge in [-0.3, -0.25) is 0 Å². The molecular formula is C12H33Br3O3. The monoisotopic (exact) mass is 462 g/mol. The molecule has 0 saturated heterocycles. The molecule has 0 amide bonds. The van der Waals surface area contributed by atoms with Crippen molar-refractivity contribution in [1.29, 1.82) is 0 Å². The summed E-state index contributed by atoms with van der Waals surface area (Å²) in [6.45, 7) is 0. The Bertz CT molecular complexity index is 65.5. The normalized spacial score (nSPS) is 16.0. The summed E-state index contributed by atoms with van der Waals surface area (Å²) in [4.78, 5) is 0. The Hall–Kier alpha value is 1.32. The highest BCUT2D eigenvalue weighted by Gasteiger charge is 1.96. The summed E-state index contributed by atoms with van der Waals surface area (Å²) in [5, 5.41) is 0. The van der Waals surface area contributed by atoms with Crippen molar-refractivity contribution in [2.45, 2.75) is 77.0 Å². The fourth-order valence-corrected chi connectivity index (χ4v) is 2.12. The summed E-state index contributed by atoms with van der Waals surface area (Å²) in [5.41, 5.74) is 0. The van der Waals surface area contributed by atoms with E-state index in [1.807, 2.05) is 0 Å². The van der Waals surface area contributed by atoms with Gasteiger partial charge in [0.2, 0.25) is 0 Å². The van der Waals surface area contributed by atoms with Crippen LogP contribution in [0.15, 0.2) is 0 Å². The lowest BCUT2D eigenvalue weighted by Gasteiger charge is -2.05. The predicted molar refractivity (Wildman–Crippen MR) is 97.2 cm³/mol. The van der Waals surface area contributed by atoms with E-state index in [4.69, 9.17) is 0 Å². The first kappa shape index (κ1) is 36.5. The Morgan fingerprint density at radius 1 is 0.222 bits per heavy atom. The lowest BCUT2D eigenvalue weighted by Crippen LogP contribution is -1.85. The molecule has 0 spiro atoms. The molecule has 3 nitrogen and oxygen atoms in total. The molecule has 1 aliphatic carbocycles. The van der Waals surface area contributed by atoms with Crippen LogP contribution in [0, 0.1) is 0 Å². The Balaban J connectivity index is -0.0000000600. The van der Waals surface area contributed by atoms with Gasteiger partial charge >= 0.3 is 0 Å². The van der Waals surface area contributed by atoms with Gasteiger partial charge in [0.1, 0.15) is 0 Å². The summed E-state index contributed by atoms with van der Waals surface area (Å²) in [5.74, 6) is 0. The summed E-state index contributed by atoms with van der Waals surface area (Å²) in [6, 6.07) is 0. The third-order valence-corrected chi connectivity index (χ3v) is 3.00. The highest BCUT2D eigenvalue weighted by molar-refractivity contribution is 8.93. The fourth-order valence-electron chi connectivity index (χ4n) is 2.12. The van der Waals surface area contributed by atoms with E-state index in [0.29, 0.717) is 0 Å². The van der Waals surface area contributed by atoms with Gasteiger partial charge in [-0.2, -0.15) is 0 Å². The zero-order valence-electron chi connectivity index (χ0n) is 11.2. The van der Waals surface area contributed by atoms with Gasteiger partial charge in [-0.1, -0.05) is 77.0 Å². The Morgan fingerprint density at radius 3 is 0.333 bits per heavy atom. The van der Waals surface area contributed by atoms with Crippen molar-refractivity contribution in [2.75, 3.05) is 0 Å². The molecular weight excluding hydrogens is 432 g/mol. The molecule has 0 unspecified atom stereocenters. The first-order valence-electron chi connectivity index (χ1n) is 6.00. The molecule has 18 heavy (non-hydrogen) atoms. The Kier molecular flexibility index (Phi) is 62.9. The smallest absolute Gasteiger partial charge is 0.0533 e. The van der Waals surface area contributed by atoms with Crippen molar-refractivity contribution in [3.05, 3.63) is 0 Å². The molecule has 0 bridgehead atoms. The van der Waals surface area contributed by atoms with E-state index >= 15 is 0 Å². The molecule has 0 aromatic rings. The van der Waals surface area contributed by atoms with E-state index in [1.165, 1.54) is 77.0 Å². The maximum absolute atomic E-state index is 1.50. The summed E-state index contributed by atoms with van der Waals surface area (Å²) in [7, 11) is 0. The second-order valence-electron chi connectivity index (χ2n) is 4.24. The standard InChI is InChI=1S/C12H24.3BrH.3H2O/c1-2-4-6-8-10-12-11-9-7-5-3-1;;;;;;/h1-12H2;3*1H;3*1H2. The van der Waals surface area contributed by atoms with Crippen LogP contribution in [-0.2, 0) is 0 Å². The van der Waals surface area contributed by atoms with Gasteiger partial charge in [0.15, 0.2) is 0 Å². The van der Waals surface area contributed by atoms with Crippen LogP contribution in [0.25, 0.3) is 0 Å². The first-order valence-corrected chi connectivity index (χ1v) is 6.00. The van der Waals surface area contributed by atoms with E-state index in [2.05, 4.69) is 0 Å². The van der Waals surface area contributed by atoms with Gasteiger partial charge in [-0.05, 0) is 0 Å². The zero-order chi connectivity index (χ0) is 8.49. The molecule has 0 aliphatic heterocycles. The van der Waals surface area contributed by atoms with Crippen molar-refractivity contribution in [3.8, 4) is 0 Å². The third-order valence-electron chi connectivity index (χ3n) is 3.00. The Morgan fingerprint density at radius 2 is 0.278 bits per heavy atom. The number of hydrogen-bond donors (Lipinski definition) is 0. The molecule has 6 heteroatoms. The minimum absolute atomic E-state index is 0. The van der Waals surface area contributed by atoms with Gasteiger partial charge in [-0.25, -0.2) is 0 Å². The van der Waals surface area contributed by atoms with Crippen LogP contribution in [0.1, 0.15) is 77.0 Å². The molecule has 0 atom stereocenters. The average molecular weight is 465 g/mol. The molecule has 0 aromatic heterocycles. The van der Waals surface area contributed by atoms with E-state index in [1.54, 1.807) is 0 Å². The van der Waals surface area contributed by atoms with Crippen molar-refractivity contribution in [3.63, 3.8) is 0 Å². The van der Waals surface area contributed by atoms with Crippen molar-refractivity contribution >= 4 is 50.9 Å². The number of rotatable bonds is 0. The summed E-state index contributed by atoms with van der Waals surface area (Å²) < 4.78 is 0. The predicted octanol–water partition coefficient (Wildman–Crippen LogP) is 3.94. The van der Waals surface area contributed by atoms with Crippen LogP contribution in [0.2, 0.25) is 0 Å². The van der Waals surface area contributed by atoms with Gasteiger partial charge in [0, 0.05) is 0 Å². The SMILES string of the molecule is Br.Br.Br.C1CCCCCCCCCCC1.O.O.O. The number of hydrogen-bond acceptors (Lipinski definition) is 0. The van der Waals surface area contributed by atoms with Gasteiger partial charge in [0.05, 0.1) is 0 Å². The van der Waals surface area contributed by atoms with Gasteiger partial charge < -0.3 is 16.4 Å². The summed E-state index contributed by atoms with van der Waals surface area (Å²) >= 11 is 0. The first-order chi connectivity index (χ1) is 6.00. The van der Waals surface area contributed by atoms with Crippen molar-refractivity contribution in [2.24, 2.45) is 0 Å². The van der Waals surface area contributed by atoms with Gasteiger partial charge in [0.25, 0.3) is 0 Å². The van der Waals surface area contributed by atoms with Crippen LogP contribution >= 0.6 is 50.9 Å². The molecule has 6 N–H and O–H groups in total. The molecule has 1 aliphatic rings. The van der Waals surface area contributed by atoms with Crippen molar-refractivity contribution < 1.29 is 16.4 Å². The topological polar surface area (TPSA) is 94.5 Å². The second-order valence-corrected chi connectivity index (χ2v) is 4.24. The largest absolute Gasteiger partial charge is 0.412 e. The molecule has 0 aromatic carbocycles. The highest BCUT2D eigenvalue weighted by atomic mass is 79.9. The van der Waals surface area contributed by atoms with Crippen LogP contribution < -0.4 is 0 Å². The zero-order valence-corrected chi connectivity index (χ0v) is 16.3. The van der Waals surface area contributed by atoms with Crippen LogP contribution in [0.4, 0.5) is 0 Å². The van der Waals surface area contributed by atoms with Gasteiger partial charge in [-0.15, -0.1) is 50.9 Å². The van der Waals surface area contributed by atoms with E-state index in [0.717, 1.165) is 0 Å². The van der Waals surface area contributed by atoms with Crippen LogP contribution in [-0.4, -0.2) is 16.4 Å². The van der Waals surface area contributed by atoms with E-state index in [9.17, 15) is 0 Å². The molecule has 0 radical (unpaired) electrons. The fraction of sp³-hybridized carbons (Fsp3) is 1.00. The Labute approximate surface area is 144 Å². The second kappa shape index (κ2) is 31.0. The van der Waals surface area contributed by atoms with E-state index in [-0.39, 0.29) is 67.4 Å². The quantitative estimate of drug-likeness (QED) is 0.519. The minimum atomic E-state index is 0. The molecule has 0 heterocycles. The van der Waals surface area contributed by atoms with Crippen LogP contribution in [0.3, 0.4) is 0 Å². The highest BCUT2D eigenvalue weighted by Crippen LogP contribution is 2.15. The molecule has 1 saturated carbocycles. The minimum Gasteiger partial charge on any atom is -0.412 e. The summed E-state index contributed by atoms with van der Waals surface area (Å²) in [6.07, 6.45) is 18.0. The molecule has 1 rings (SSSR count). The maximum atomic E-state index is 1.50. The maximum Gasteiger partial charge on any atom is -0.0533 e. The van der Waals surface area contributed by atoms with Crippen LogP contribution in [0.5, 0.6) is 0 Å². The third kappa shape index (κ3) is 26.0. The molecule has 1 fully saturated rings. The van der Waals surface area contributed by atoms with E-state index < -0.39 is 0 Å². The lowest BCUT2D eigenvalue weighted by molar-refractivity contribution is 0.504. The average Bonchev–Trinajstić information content (AvgIpc) is 2.05. The molecule has 120 valence electrons. The lowest BCUT2D eigenvalue weighted by atomic mass is 10.0.